The molecule has 0 aliphatic carbocycles. The van der Waals surface area contributed by atoms with Crippen molar-refractivity contribution in [1.82, 2.24) is 19.5 Å². The van der Waals surface area contributed by atoms with Crippen LogP contribution in [0.2, 0.25) is 0 Å². The maximum absolute atomic E-state index is 4.59. The Bertz CT molecular complexity index is 737. The average molecular weight is 307 g/mol. The van der Waals surface area contributed by atoms with Gasteiger partial charge in [0.1, 0.15) is 11.6 Å². The Morgan fingerprint density at radius 1 is 1.22 bits per heavy atom. The van der Waals surface area contributed by atoms with Gasteiger partial charge >= 0.3 is 0 Å². The number of aryl methyl sites for hydroxylation is 2. The number of nitrogens with one attached hydrogen (secondary N) is 1. The van der Waals surface area contributed by atoms with Gasteiger partial charge in [-0.25, -0.2) is 15.0 Å². The van der Waals surface area contributed by atoms with Crippen molar-refractivity contribution in [3.63, 3.8) is 0 Å². The number of anilines is 1. The van der Waals surface area contributed by atoms with Gasteiger partial charge in [0, 0.05) is 30.7 Å². The van der Waals surface area contributed by atoms with Gasteiger partial charge in [-0.15, -0.1) is 0 Å². The zero-order chi connectivity index (χ0) is 16.1. The highest BCUT2D eigenvalue weighted by atomic mass is 15.1. The normalized spacial score (nSPS) is 12.1. The van der Waals surface area contributed by atoms with Crippen LogP contribution in [0.5, 0.6) is 0 Å². The fourth-order valence-electron chi connectivity index (χ4n) is 2.57. The first kappa shape index (κ1) is 15.2. The lowest BCUT2D eigenvalue weighted by molar-refractivity contribution is 0.604. The second-order valence-electron chi connectivity index (χ2n) is 5.51. The van der Waals surface area contributed by atoms with E-state index in [1.807, 2.05) is 31.7 Å². The van der Waals surface area contributed by atoms with Gasteiger partial charge in [-0.2, -0.15) is 0 Å². The molecule has 0 aliphatic heterocycles. The molecule has 2 heterocycles. The van der Waals surface area contributed by atoms with Crippen LogP contribution in [-0.4, -0.2) is 19.5 Å². The number of hydrogen-bond donors (Lipinski definition) is 1. The number of imidazole rings is 1. The molecule has 0 saturated carbocycles. The summed E-state index contributed by atoms with van der Waals surface area (Å²) in [4.78, 5) is 13.0. The van der Waals surface area contributed by atoms with Crippen molar-refractivity contribution in [3.8, 4) is 0 Å². The summed E-state index contributed by atoms with van der Waals surface area (Å²) < 4.78 is 2.07. The summed E-state index contributed by atoms with van der Waals surface area (Å²) in [7, 11) is 0. The van der Waals surface area contributed by atoms with E-state index >= 15 is 0 Å². The number of benzene rings is 1. The molecule has 0 fully saturated rings. The van der Waals surface area contributed by atoms with Gasteiger partial charge < -0.3 is 9.88 Å². The van der Waals surface area contributed by atoms with Crippen molar-refractivity contribution in [2.75, 3.05) is 5.32 Å². The smallest absolute Gasteiger partial charge is 0.133 e. The van der Waals surface area contributed by atoms with E-state index < -0.39 is 0 Å². The number of hydrogen-bond acceptors (Lipinski definition) is 4. The lowest BCUT2D eigenvalue weighted by Crippen LogP contribution is -2.19. The molecule has 0 saturated heterocycles. The summed E-state index contributed by atoms with van der Waals surface area (Å²) >= 11 is 0. The van der Waals surface area contributed by atoms with Gasteiger partial charge in [0.2, 0.25) is 0 Å². The van der Waals surface area contributed by atoms with E-state index in [4.69, 9.17) is 0 Å². The second-order valence-corrected chi connectivity index (χ2v) is 5.51. The van der Waals surface area contributed by atoms with Crippen LogP contribution in [0, 0.1) is 6.92 Å². The van der Waals surface area contributed by atoms with E-state index in [0.717, 1.165) is 30.2 Å². The molecule has 0 spiro atoms. The molecule has 1 N–H and O–H groups in total. The van der Waals surface area contributed by atoms with Gasteiger partial charge in [-0.05, 0) is 18.9 Å². The van der Waals surface area contributed by atoms with Crippen LogP contribution in [0.15, 0.2) is 55.2 Å². The summed E-state index contributed by atoms with van der Waals surface area (Å²) in [5, 5.41) is 3.59. The zero-order valence-electron chi connectivity index (χ0n) is 13.5. The first-order valence-electron chi connectivity index (χ1n) is 7.86. The third-order valence-corrected chi connectivity index (χ3v) is 3.83. The minimum atomic E-state index is 0.116. The third-order valence-electron chi connectivity index (χ3n) is 3.83. The Morgan fingerprint density at radius 2 is 2.04 bits per heavy atom. The fourth-order valence-corrected chi connectivity index (χ4v) is 2.57. The van der Waals surface area contributed by atoms with Gasteiger partial charge in [0.05, 0.1) is 12.4 Å². The number of aromatic nitrogens is 4. The summed E-state index contributed by atoms with van der Waals surface area (Å²) in [5.41, 5.74) is 2.35. The molecule has 5 nitrogen and oxygen atoms in total. The average Bonchev–Trinajstić information content (AvgIpc) is 3.08. The molecule has 118 valence electrons. The van der Waals surface area contributed by atoms with Crippen LogP contribution in [0.3, 0.4) is 0 Å². The number of rotatable bonds is 6. The van der Waals surface area contributed by atoms with Gasteiger partial charge in [0.25, 0.3) is 0 Å². The predicted molar refractivity (Wildman–Crippen MR) is 91.2 cm³/mol. The van der Waals surface area contributed by atoms with Gasteiger partial charge in [-0.1, -0.05) is 37.3 Å². The third kappa shape index (κ3) is 3.74. The monoisotopic (exact) mass is 307 g/mol. The van der Waals surface area contributed by atoms with Crippen LogP contribution in [0.1, 0.15) is 29.9 Å². The first-order chi connectivity index (χ1) is 11.3. The van der Waals surface area contributed by atoms with Crippen LogP contribution >= 0.6 is 0 Å². The van der Waals surface area contributed by atoms with Crippen LogP contribution in [0.25, 0.3) is 0 Å². The summed E-state index contributed by atoms with van der Waals surface area (Å²) in [6, 6.07) is 10.5. The largest absolute Gasteiger partial charge is 0.361 e. The molecule has 1 unspecified atom stereocenters. The van der Waals surface area contributed by atoms with E-state index in [0.29, 0.717) is 0 Å². The predicted octanol–water partition coefficient (Wildman–Crippen LogP) is 3.40. The number of nitrogens with zero attached hydrogens (tertiary/aromatic N) is 4. The fraction of sp³-hybridized carbons (Fsp3) is 0.278. The van der Waals surface area contributed by atoms with Crippen molar-refractivity contribution >= 4 is 5.82 Å². The molecule has 1 aromatic carbocycles. The summed E-state index contributed by atoms with van der Waals surface area (Å²) in [5.74, 6) is 1.69. The minimum absolute atomic E-state index is 0.116. The van der Waals surface area contributed by atoms with Crippen LogP contribution in [-0.2, 0) is 13.0 Å². The lowest BCUT2D eigenvalue weighted by Gasteiger charge is -2.22. The Kier molecular flexibility index (Phi) is 4.66. The molecule has 0 radical (unpaired) electrons. The van der Waals surface area contributed by atoms with E-state index in [-0.39, 0.29) is 6.04 Å². The minimum Gasteiger partial charge on any atom is -0.361 e. The van der Waals surface area contributed by atoms with Crippen molar-refractivity contribution in [1.29, 1.82) is 0 Å². The van der Waals surface area contributed by atoms with Crippen molar-refractivity contribution in [3.05, 3.63) is 72.2 Å². The molecule has 0 amide bonds. The summed E-state index contributed by atoms with van der Waals surface area (Å²) in [6.45, 7) is 4.82. The van der Waals surface area contributed by atoms with Crippen molar-refractivity contribution < 1.29 is 0 Å². The Balaban J connectivity index is 1.91. The molecular weight excluding hydrogens is 286 g/mol. The van der Waals surface area contributed by atoms with E-state index in [9.17, 15) is 0 Å². The zero-order valence-corrected chi connectivity index (χ0v) is 13.5. The maximum Gasteiger partial charge on any atom is 0.133 e. The van der Waals surface area contributed by atoms with Gasteiger partial charge in [-0.3, -0.25) is 0 Å². The molecular formula is C18H21N5. The highest BCUT2D eigenvalue weighted by Gasteiger charge is 2.15. The Hall–Kier alpha value is -2.69. The van der Waals surface area contributed by atoms with Crippen LogP contribution < -0.4 is 5.32 Å². The van der Waals surface area contributed by atoms with Crippen molar-refractivity contribution in [2.24, 2.45) is 0 Å². The molecule has 5 heteroatoms. The Morgan fingerprint density at radius 3 is 2.74 bits per heavy atom. The standard InChI is InChI=1S/C18H21N5/c1-3-15-11-20-14(2)21-18(15)22-17(12-23-10-9-19-13-23)16-7-5-4-6-8-16/h4-11,13,17H,3,12H2,1-2H3,(H,20,21,22). The molecule has 1 atom stereocenters. The van der Waals surface area contributed by atoms with Crippen LogP contribution in [0.4, 0.5) is 5.82 Å². The lowest BCUT2D eigenvalue weighted by atomic mass is 10.1. The van der Waals surface area contributed by atoms with E-state index in [1.165, 1.54) is 5.56 Å². The highest BCUT2D eigenvalue weighted by Crippen LogP contribution is 2.23. The quantitative estimate of drug-likeness (QED) is 0.758. The summed E-state index contributed by atoms with van der Waals surface area (Å²) in [6.07, 6.45) is 8.42. The molecule has 0 aliphatic rings. The molecule has 23 heavy (non-hydrogen) atoms. The van der Waals surface area contributed by atoms with Gasteiger partial charge in [0.15, 0.2) is 0 Å². The topological polar surface area (TPSA) is 55.6 Å². The molecule has 2 aromatic heterocycles. The molecule has 0 bridgehead atoms. The first-order valence-corrected chi connectivity index (χ1v) is 7.86. The molecule has 3 rings (SSSR count). The van der Waals surface area contributed by atoms with E-state index in [2.05, 4.69) is 56.0 Å². The maximum atomic E-state index is 4.59. The Labute approximate surface area is 136 Å². The molecule has 3 aromatic rings. The van der Waals surface area contributed by atoms with E-state index in [1.54, 1.807) is 6.20 Å². The SMILES string of the molecule is CCc1cnc(C)nc1NC(Cn1ccnc1)c1ccccc1. The van der Waals surface area contributed by atoms with Crippen molar-refractivity contribution in [2.45, 2.75) is 32.9 Å². The second kappa shape index (κ2) is 7.05. The highest BCUT2D eigenvalue weighted by molar-refractivity contribution is 5.45.